The van der Waals surface area contributed by atoms with Crippen molar-refractivity contribution in [1.82, 2.24) is 10.2 Å². The lowest BCUT2D eigenvalue weighted by Gasteiger charge is -2.14. The zero-order valence-corrected chi connectivity index (χ0v) is 15.6. The van der Waals surface area contributed by atoms with Gasteiger partial charge in [-0.25, -0.2) is 0 Å². The molecular weight excluding hydrogens is 334 g/mol. The molecule has 0 amide bonds. The third kappa shape index (κ3) is 4.03. The van der Waals surface area contributed by atoms with E-state index in [1.807, 2.05) is 36.4 Å². The van der Waals surface area contributed by atoms with Gasteiger partial charge in [0.05, 0.1) is 12.8 Å². The van der Waals surface area contributed by atoms with Gasteiger partial charge in [-0.1, -0.05) is 18.2 Å². The average molecular weight is 357 g/mol. The predicted octanol–water partition coefficient (Wildman–Crippen LogP) is 3.83. The normalized spacial score (nSPS) is 11.2. The number of anilines is 1. The number of rotatable bonds is 6. The van der Waals surface area contributed by atoms with Crippen LogP contribution in [0.25, 0.3) is 21.9 Å². The van der Waals surface area contributed by atoms with Crippen molar-refractivity contribution >= 4 is 45.0 Å². The van der Waals surface area contributed by atoms with Crippen molar-refractivity contribution in [1.29, 1.82) is 0 Å². The summed E-state index contributed by atoms with van der Waals surface area (Å²) < 4.78 is 11.5. The van der Waals surface area contributed by atoms with Gasteiger partial charge in [-0.15, -0.1) is 0 Å². The second-order valence-electron chi connectivity index (χ2n) is 6.18. The van der Waals surface area contributed by atoms with Gasteiger partial charge in [-0.05, 0) is 51.4 Å². The number of methoxy groups -OCH3 is 1. The van der Waals surface area contributed by atoms with Crippen molar-refractivity contribution < 1.29 is 9.15 Å². The lowest BCUT2D eigenvalue weighted by Crippen LogP contribution is -2.31. The fourth-order valence-electron chi connectivity index (χ4n) is 2.78. The van der Waals surface area contributed by atoms with E-state index in [9.17, 15) is 0 Å². The number of furan rings is 1. The van der Waals surface area contributed by atoms with Crippen molar-refractivity contribution in [2.45, 2.75) is 6.42 Å². The van der Waals surface area contributed by atoms with E-state index in [-0.39, 0.29) is 0 Å². The summed E-state index contributed by atoms with van der Waals surface area (Å²) in [6.45, 7) is 1.84. The van der Waals surface area contributed by atoms with Crippen LogP contribution >= 0.6 is 12.2 Å². The highest BCUT2D eigenvalue weighted by molar-refractivity contribution is 7.80. The Morgan fingerprint density at radius 1 is 1.16 bits per heavy atom. The van der Waals surface area contributed by atoms with Crippen LogP contribution in [0.3, 0.4) is 0 Å². The highest BCUT2D eigenvalue weighted by Crippen LogP contribution is 2.36. The van der Waals surface area contributed by atoms with Crippen molar-refractivity contribution in [3.05, 3.63) is 36.4 Å². The molecule has 1 heterocycles. The number of ether oxygens (including phenoxy) is 1. The molecule has 2 aromatic carbocycles. The molecule has 0 unspecified atom stereocenters. The molecule has 0 radical (unpaired) electrons. The van der Waals surface area contributed by atoms with E-state index < -0.39 is 0 Å². The van der Waals surface area contributed by atoms with Gasteiger partial charge in [0.1, 0.15) is 16.9 Å². The number of thiocarbonyl (C=S) groups is 1. The van der Waals surface area contributed by atoms with Crippen LogP contribution in [0.4, 0.5) is 5.69 Å². The third-order valence-corrected chi connectivity index (χ3v) is 4.26. The molecule has 0 saturated carbocycles. The maximum atomic E-state index is 5.93. The van der Waals surface area contributed by atoms with E-state index in [0.29, 0.717) is 5.11 Å². The minimum absolute atomic E-state index is 0.576. The van der Waals surface area contributed by atoms with Crippen molar-refractivity contribution in [3.63, 3.8) is 0 Å². The molecule has 0 saturated heterocycles. The number of benzene rings is 2. The molecule has 5 nitrogen and oxygen atoms in total. The smallest absolute Gasteiger partial charge is 0.170 e. The predicted molar refractivity (Wildman–Crippen MR) is 108 cm³/mol. The topological polar surface area (TPSA) is 49.7 Å². The van der Waals surface area contributed by atoms with Gasteiger partial charge in [0.25, 0.3) is 0 Å². The molecule has 0 aliphatic heterocycles. The number of nitrogens with zero attached hydrogens (tertiary/aromatic N) is 1. The molecule has 0 bridgehead atoms. The molecule has 0 aliphatic carbocycles. The van der Waals surface area contributed by atoms with Crippen LogP contribution in [-0.4, -0.2) is 44.3 Å². The Hall–Kier alpha value is -2.31. The summed E-state index contributed by atoms with van der Waals surface area (Å²) in [7, 11) is 5.77. The zero-order chi connectivity index (χ0) is 17.8. The largest absolute Gasteiger partial charge is 0.495 e. The summed E-state index contributed by atoms with van der Waals surface area (Å²) >= 11 is 5.39. The molecule has 0 atom stereocenters. The lowest BCUT2D eigenvalue weighted by molar-refractivity contribution is 0.400. The number of para-hydroxylation sites is 1. The van der Waals surface area contributed by atoms with Gasteiger partial charge in [-0.2, -0.15) is 0 Å². The van der Waals surface area contributed by atoms with E-state index in [4.69, 9.17) is 21.4 Å². The van der Waals surface area contributed by atoms with E-state index in [0.717, 1.165) is 52.9 Å². The Labute approximate surface area is 152 Å². The molecular formula is C19H23N3O2S. The van der Waals surface area contributed by atoms with Crippen LogP contribution < -0.4 is 15.4 Å². The molecule has 1 aromatic heterocycles. The summed E-state index contributed by atoms with van der Waals surface area (Å²) in [4.78, 5) is 2.15. The second kappa shape index (κ2) is 7.72. The summed E-state index contributed by atoms with van der Waals surface area (Å²) in [5.41, 5.74) is 2.46. The Morgan fingerprint density at radius 3 is 2.72 bits per heavy atom. The lowest BCUT2D eigenvalue weighted by atomic mass is 10.1. The van der Waals surface area contributed by atoms with E-state index >= 15 is 0 Å². The minimum Gasteiger partial charge on any atom is -0.495 e. The van der Waals surface area contributed by atoms with Crippen LogP contribution in [0.1, 0.15) is 6.42 Å². The van der Waals surface area contributed by atoms with Crippen molar-refractivity contribution in [2.75, 3.05) is 39.6 Å². The molecule has 3 aromatic rings. The molecule has 6 heteroatoms. The van der Waals surface area contributed by atoms with Crippen LogP contribution in [0.2, 0.25) is 0 Å². The first kappa shape index (κ1) is 17.5. The van der Waals surface area contributed by atoms with Crippen LogP contribution in [0.15, 0.2) is 40.8 Å². The molecule has 0 spiro atoms. The van der Waals surface area contributed by atoms with E-state index in [2.05, 4.69) is 29.6 Å². The van der Waals surface area contributed by atoms with Crippen molar-refractivity contribution in [3.8, 4) is 5.75 Å². The molecule has 132 valence electrons. The Kier molecular flexibility index (Phi) is 5.40. The third-order valence-electron chi connectivity index (χ3n) is 4.01. The Morgan fingerprint density at radius 2 is 1.96 bits per heavy atom. The molecule has 25 heavy (non-hydrogen) atoms. The summed E-state index contributed by atoms with van der Waals surface area (Å²) in [5.74, 6) is 0.733. The second-order valence-corrected chi connectivity index (χ2v) is 6.59. The number of hydrogen-bond donors (Lipinski definition) is 2. The number of nitrogens with one attached hydrogen (secondary N) is 2. The number of fused-ring (bicyclic) bond motifs is 3. The van der Waals surface area contributed by atoms with Gasteiger partial charge >= 0.3 is 0 Å². The van der Waals surface area contributed by atoms with Gasteiger partial charge in [-0.3, -0.25) is 0 Å². The highest BCUT2D eigenvalue weighted by atomic mass is 32.1. The number of hydrogen-bond acceptors (Lipinski definition) is 4. The van der Waals surface area contributed by atoms with Crippen LogP contribution in [-0.2, 0) is 0 Å². The maximum Gasteiger partial charge on any atom is 0.170 e. The average Bonchev–Trinajstić information content (AvgIpc) is 2.95. The summed E-state index contributed by atoms with van der Waals surface area (Å²) in [6, 6.07) is 11.9. The van der Waals surface area contributed by atoms with Crippen LogP contribution in [0.5, 0.6) is 5.75 Å². The summed E-state index contributed by atoms with van der Waals surface area (Å²) in [6.07, 6.45) is 1.02. The zero-order valence-electron chi connectivity index (χ0n) is 14.8. The van der Waals surface area contributed by atoms with Gasteiger partial charge in [0.2, 0.25) is 0 Å². The first-order valence-corrected chi connectivity index (χ1v) is 8.68. The maximum absolute atomic E-state index is 5.93. The van der Waals surface area contributed by atoms with Crippen LogP contribution in [0, 0.1) is 0 Å². The van der Waals surface area contributed by atoms with Gasteiger partial charge in [0, 0.05) is 23.4 Å². The standard InChI is InChI=1S/C19H23N3O2S/c1-22(2)10-6-9-20-19(25)21-15-12-17-14(11-18(15)23-3)13-7-4-5-8-16(13)24-17/h4-5,7-8,11-12H,6,9-10H2,1-3H3,(H2,20,21,25). The first-order chi connectivity index (χ1) is 12.1. The van der Waals surface area contributed by atoms with E-state index in [1.165, 1.54) is 0 Å². The highest BCUT2D eigenvalue weighted by Gasteiger charge is 2.12. The van der Waals surface area contributed by atoms with Gasteiger partial charge in [0.15, 0.2) is 5.11 Å². The minimum atomic E-state index is 0.576. The van der Waals surface area contributed by atoms with Crippen molar-refractivity contribution in [2.24, 2.45) is 0 Å². The fraction of sp³-hybridized carbons (Fsp3) is 0.316. The molecule has 0 fully saturated rings. The SMILES string of the molecule is COc1cc2c(cc1NC(=S)NCCCN(C)C)oc1ccccc12. The summed E-state index contributed by atoms with van der Waals surface area (Å²) in [5, 5.41) is 9.11. The Bertz CT molecular complexity index is 889. The fourth-order valence-corrected chi connectivity index (χ4v) is 2.99. The first-order valence-electron chi connectivity index (χ1n) is 8.27. The van der Waals surface area contributed by atoms with E-state index in [1.54, 1.807) is 7.11 Å². The quantitative estimate of drug-likeness (QED) is 0.516. The van der Waals surface area contributed by atoms with Gasteiger partial charge < -0.3 is 24.7 Å². The Balaban J connectivity index is 1.78. The molecule has 0 aliphatic rings. The molecule has 3 rings (SSSR count). The molecule has 2 N–H and O–H groups in total. The monoisotopic (exact) mass is 357 g/mol.